The minimum Gasteiger partial charge on any atom is -0.504 e. The van der Waals surface area contributed by atoms with Crippen molar-refractivity contribution >= 4 is 0 Å². The summed E-state index contributed by atoms with van der Waals surface area (Å²) >= 11 is 0. The van der Waals surface area contributed by atoms with Crippen LogP contribution in [-0.4, -0.2) is 10.2 Å². The van der Waals surface area contributed by atoms with Crippen molar-refractivity contribution in [2.75, 3.05) is 0 Å². The maximum Gasteiger partial charge on any atom is 0.161 e. The molecule has 3 nitrogen and oxygen atoms in total. The molecule has 0 saturated heterocycles. The molecule has 0 saturated carbocycles. The SMILES string of the molecule is N#CCc1cccc(O)c1O. The van der Waals surface area contributed by atoms with Crippen LogP contribution in [0.25, 0.3) is 0 Å². The summed E-state index contributed by atoms with van der Waals surface area (Å²) in [5.41, 5.74) is 0.451. The number of para-hydroxylation sites is 1. The fourth-order valence-electron chi connectivity index (χ4n) is 0.806. The molecule has 0 fully saturated rings. The van der Waals surface area contributed by atoms with E-state index < -0.39 is 0 Å². The van der Waals surface area contributed by atoms with Crippen LogP contribution in [0.1, 0.15) is 5.56 Å². The summed E-state index contributed by atoms with van der Waals surface area (Å²) < 4.78 is 0. The van der Waals surface area contributed by atoms with E-state index in [0.717, 1.165) is 0 Å². The Morgan fingerprint density at radius 2 is 2.09 bits per heavy atom. The summed E-state index contributed by atoms with van der Waals surface area (Å²) in [4.78, 5) is 0. The first kappa shape index (κ1) is 7.42. The van der Waals surface area contributed by atoms with Gasteiger partial charge in [0, 0.05) is 5.56 Å². The van der Waals surface area contributed by atoms with Crippen molar-refractivity contribution in [1.82, 2.24) is 0 Å². The zero-order valence-corrected chi connectivity index (χ0v) is 5.78. The third kappa shape index (κ3) is 1.41. The van der Waals surface area contributed by atoms with E-state index in [2.05, 4.69) is 0 Å². The van der Waals surface area contributed by atoms with Gasteiger partial charge in [-0.05, 0) is 6.07 Å². The number of hydrogen-bond acceptors (Lipinski definition) is 3. The molecule has 3 heteroatoms. The third-order valence-electron chi connectivity index (χ3n) is 1.37. The van der Waals surface area contributed by atoms with Crippen molar-refractivity contribution in [3.63, 3.8) is 0 Å². The second-order valence-corrected chi connectivity index (χ2v) is 2.12. The van der Waals surface area contributed by atoms with E-state index in [1.54, 1.807) is 12.1 Å². The van der Waals surface area contributed by atoms with Crippen molar-refractivity contribution in [1.29, 1.82) is 5.26 Å². The van der Waals surface area contributed by atoms with Crippen LogP contribution in [0.15, 0.2) is 18.2 Å². The molecule has 0 aliphatic rings. The van der Waals surface area contributed by atoms with E-state index in [4.69, 9.17) is 15.5 Å². The van der Waals surface area contributed by atoms with Gasteiger partial charge in [-0.25, -0.2) is 0 Å². The zero-order chi connectivity index (χ0) is 8.27. The van der Waals surface area contributed by atoms with Gasteiger partial charge in [0.05, 0.1) is 12.5 Å². The average Bonchev–Trinajstić information content (AvgIpc) is 1.99. The molecular weight excluding hydrogens is 142 g/mol. The molecule has 0 unspecified atom stereocenters. The predicted molar refractivity (Wildman–Crippen MR) is 39.1 cm³/mol. The van der Waals surface area contributed by atoms with Crippen LogP contribution in [0.3, 0.4) is 0 Å². The Balaban J connectivity index is 3.08. The number of phenols is 2. The second-order valence-electron chi connectivity index (χ2n) is 2.12. The molecule has 11 heavy (non-hydrogen) atoms. The van der Waals surface area contributed by atoms with Crippen LogP contribution in [-0.2, 0) is 6.42 Å². The van der Waals surface area contributed by atoms with E-state index >= 15 is 0 Å². The molecule has 0 radical (unpaired) electrons. The summed E-state index contributed by atoms with van der Waals surface area (Å²) in [6.07, 6.45) is 0.111. The lowest BCUT2D eigenvalue weighted by molar-refractivity contribution is 0.400. The Kier molecular flexibility index (Phi) is 1.98. The average molecular weight is 149 g/mol. The molecule has 0 aliphatic heterocycles. The van der Waals surface area contributed by atoms with Gasteiger partial charge in [-0.3, -0.25) is 0 Å². The Morgan fingerprint density at radius 1 is 1.36 bits per heavy atom. The minimum atomic E-state index is -0.200. The first-order valence-corrected chi connectivity index (χ1v) is 3.12. The van der Waals surface area contributed by atoms with Crippen LogP contribution >= 0.6 is 0 Å². The lowest BCUT2D eigenvalue weighted by Crippen LogP contribution is -1.81. The summed E-state index contributed by atoms with van der Waals surface area (Å²) in [6.45, 7) is 0. The number of phenolic OH excluding ortho intramolecular Hbond substituents is 2. The first-order valence-electron chi connectivity index (χ1n) is 3.12. The number of nitrogens with zero attached hydrogens (tertiary/aromatic N) is 1. The predicted octanol–water partition coefficient (Wildman–Crippen LogP) is 1.16. The van der Waals surface area contributed by atoms with E-state index in [-0.39, 0.29) is 17.9 Å². The molecule has 1 aromatic carbocycles. The van der Waals surface area contributed by atoms with Gasteiger partial charge in [0.2, 0.25) is 0 Å². The topological polar surface area (TPSA) is 64.2 Å². The fourth-order valence-corrected chi connectivity index (χ4v) is 0.806. The Morgan fingerprint density at radius 3 is 2.73 bits per heavy atom. The minimum absolute atomic E-state index is 0.111. The van der Waals surface area contributed by atoms with Crippen molar-refractivity contribution in [2.24, 2.45) is 0 Å². The van der Waals surface area contributed by atoms with Crippen molar-refractivity contribution in [3.8, 4) is 17.6 Å². The van der Waals surface area contributed by atoms with Crippen molar-refractivity contribution in [2.45, 2.75) is 6.42 Å². The Labute approximate surface area is 64.1 Å². The standard InChI is InChI=1S/C8H7NO2/c9-5-4-6-2-1-3-7(10)8(6)11/h1-3,10-11H,4H2. The van der Waals surface area contributed by atoms with Gasteiger partial charge in [0.1, 0.15) is 0 Å². The van der Waals surface area contributed by atoms with Gasteiger partial charge in [-0.15, -0.1) is 0 Å². The van der Waals surface area contributed by atoms with E-state index in [1.165, 1.54) is 6.07 Å². The quantitative estimate of drug-likeness (QED) is 0.589. The lowest BCUT2D eigenvalue weighted by atomic mass is 10.1. The lowest BCUT2D eigenvalue weighted by Gasteiger charge is -2.00. The second kappa shape index (κ2) is 2.93. The zero-order valence-electron chi connectivity index (χ0n) is 5.78. The van der Waals surface area contributed by atoms with Gasteiger partial charge in [-0.1, -0.05) is 12.1 Å². The smallest absolute Gasteiger partial charge is 0.161 e. The van der Waals surface area contributed by atoms with Crippen LogP contribution in [0.4, 0.5) is 0 Å². The Hall–Kier alpha value is -1.69. The maximum atomic E-state index is 9.13. The molecule has 0 atom stereocenters. The molecule has 0 spiro atoms. The molecule has 0 aromatic heterocycles. The molecule has 0 amide bonds. The fraction of sp³-hybridized carbons (Fsp3) is 0.125. The number of rotatable bonds is 1. The van der Waals surface area contributed by atoms with E-state index in [0.29, 0.717) is 5.56 Å². The van der Waals surface area contributed by atoms with E-state index in [1.807, 2.05) is 6.07 Å². The highest BCUT2D eigenvalue weighted by Crippen LogP contribution is 2.27. The highest BCUT2D eigenvalue weighted by molar-refractivity contribution is 5.45. The van der Waals surface area contributed by atoms with Gasteiger partial charge in [-0.2, -0.15) is 5.26 Å². The van der Waals surface area contributed by atoms with Gasteiger partial charge in [0.15, 0.2) is 11.5 Å². The highest BCUT2D eigenvalue weighted by Gasteiger charge is 2.03. The number of nitriles is 1. The molecular formula is C8H7NO2. The van der Waals surface area contributed by atoms with E-state index in [9.17, 15) is 0 Å². The number of benzene rings is 1. The number of aromatic hydroxyl groups is 2. The largest absolute Gasteiger partial charge is 0.504 e. The third-order valence-corrected chi connectivity index (χ3v) is 1.37. The highest BCUT2D eigenvalue weighted by atomic mass is 16.3. The van der Waals surface area contributed by atoms with Crippen LogP contribution in [0, 0.1) is 11.3 Å². The van der Waals surface area contributed by atoms with Gasteiger partial charge in [0.25, 0.3) is 0 Å². The molecule has 1 rings (SSSR count). The van der Waals surface area contributed by atoms with Gasteiger partial charge < -0.3 is 10.2 Å². The molecule has 56 valence electrons. The summed E-state index contributed by atoms with van der Waals surface area (Å²) in [6, 6.07) is 6.43. The van der Waals surface area contributed by atoms with Crippen LogP contribution in [0.5, 0.6) is 11.5 Å². The summed E-state index contributed by atoms with van der Waals surface area (Å²) in [7, 11) is 0. The Bertz CT molecular complexity index is 301. The maximum absolute atomic E-state index is 9.13. The summed E-state index contributed by atoms with van der Waals surface area (Å²) in [5, 5.41) is 26.4. The van der Waals surface area contributed by atoms with Crippen LogP contribution < -0.4 is 0 Å². The molecule has 2 N–H and O–H groups in total. The van der Waals surface area contributed by atoms with Crippen LogP contribution in [0.2, 0.25) is 0 Å². The molecule has 0 aliphatic carbocycles. The number of hydrogen-bond donors (Lipinski definition) is 2. The van der Waals surface area contributed by atoms with Crippen molar-refractivity contribution < 1.29 is 10.2 Å². The molecule has 1 aromatic rings. The summed E-state index contributed by atoms with van der Waals surface area (Å²) in [5.74, 6) is -0.383. The van der Waals surface area contributed by atoms with Crippen molar-refractivity contribution in [3.05, 3.63) is 23.8 Å². The molecule has 0 bridgehead atoms. The monoisotopic (exact) mass is 149 g/mol. The van der Waals surface area contributed by atoms with Gasteiger partial charge >= 0.3 is 0 Å². The molecule has 0 heterocycles. The normalized spacial score (nSPS) is 9.00. The first-order chi connectivity index (χ1) is 5.25.